The molecule has 0 saturated heterocycles. The van der Waals surface area contributed by atoms with Crippen molar-refractivity contribution in [3.05, 3.63) is 35.7 Å². The fraction of sp³-hybridized carbons (Fsp3) is 0.421. The first kappa shape index (κ1) is 18.8. The van der Waals surface area contributed by atoms with Crippen molar-refractivity contribution in [2.45, 2.75) is 32.7 Å². The van der Waals surface area contributed by atoms with Crippen molar-refractivity contribution in [3.8, 4) is 17.2 Å². The second kappa shape index (κ2) is 7.30. The molecule has 0 spiro atoms. The Balaban J connectivity index is 1.89. The zero-order valence-corrected chi connectivity index (χ0v) is 16.5. The van der Waals surface area contributed by atoms with Gasteiger partial charge in [-0.05, 0) is 24.3 Å². The molecule has 1 aromatic carbocycles. The third kappa shape index (κ3) is 3.60. The predicted octanol–water partition coefficient (Wildman–Crippen LogP) is 3.06. The number of hydrogen-bond donors (Lipinski definition) is 1. The molecule has 0 amide bonds. The van der Waals surface area contributed by atoms with Gasteiger partial charge in [0, 0.05) is 17.5 Å². The summed E-state index contributed by atoms with van der Waals surface area (Å²) in [4.78, 5) is 0. The molecular weight excluding hydrogens is 346 g/mol. The number of rotatable bonds is 6. The Hall–Kier alpha value is -3.03. The highest BCUT2D eigenvalue weighted by atomic mass is 16.5. The topological polar surface area (TPSA) is 82.8 Å². The molecule has 0 atom stereocenters. The Kier molecular flexibility index (Phi) is 5.07. The molecule has 0 aliphatic rings. The molecule has 1 N–H and O–H groups in total. The van der Waals surface area contributed by atoms with E-state index in [1.165, 1.54) is 0 Å². The van der Waals surface area contributed by atoms with Crippen LogP contribution in [-0.2, 0) is 12.0 Å². The van der Waals surface area contributed by atoms with Gasteiger partial charge in [0.2, 0.25) is 5.75 Å². The lowest BCUT2D eigenvalue weighted by atomic mass is 9.96. The van der Waals surface area contributed by atoms with E-state index in [2.05, 4.69) is 41.4 Å². The number of methoxy groups -OCH3 is 3. The van der Waals surface area contributed by atoms with Crippen LogP contribution in [0.25, 0.3) is 5.65 Å². The summed E-state index contributed by atoms with van der Waals surface area (Å²) < 4.78 is 18.1. The molecule has 0 saturated carbocycles. The van der Waals surface area contributed by atoms with Gasteiger partial charge in [0.1, 0.15) is 5.82 Å². The van der Waals surface area contributed by atoms with Gasteiger partial charge in [-0.25, -0.2) is 0 Å². The highest BCUT2D eigenvalue weighted by molar-refractivity contribution is 5.56. The fourth-order valence-electron chi connectivity index (χ4n) is 2.84. The van der Waals surface area contributed by atoms with Crippen molar-refractivity contribution in [1.82, 2.24) is 19.8 Å². The molecule has 8 heteroatoms. The number of nitrogens with zero attached hydrogens (tertiary/aromatic N) is 4. The number of benzene rings is 1. The summed E-state index contributed by atoms with van der Waals surface area (Å²) in [5.74, 6) is 3.34. The first-order valence-electron chi connectivity index (χ1n) is 8.63. The van der Waals surface area contributed by atoms with Gasteiger partial charge in [0.05, 0.1) is 21.3 Å². The summed E-state index contributed by atoms with van der Waals surface area (Å²) in [5.41, 5.74) is 1.49. The van der Waals surface area contributed by atoms with Crippen molar-refractivity contribution in [2.24, 2.45) is 0 Å². The van der Waals surface area contributed by atoms with Crippen LogP contribution in [-0.4, -0.2) is 41.1 Å². The molecular formula is C19H25N5O3. The number of ether oxygens (including phenoxy) is 3. The van der Waals surface area contributed by atoms with E-state index in [1.54, 1.807) is 25.8 Å². The Morgan fingerprint density at radius 2 is 1.67 bits per heavy atom. The van der Waals surface area contributed by atoms with E-state index in [0.717, 1.165) is 11.4 Å². The van der Waals surface area contributed by atoms with Gasteiger partial charge in [0.25, 0.3) is 0 Å². The molecule has 3 rings (SSSR count). The lowest BCUT2D eigenvalue weighted by Gasteiger charge is -2.17. The molecule has 2 aromatic heterocycles. The third-order valence-electron chi connectivity index (χ3n) is 4.18. The van der Waals surface area contributed by atoms with Gasteiger partial charge in [-0.2, -0.15) is 4.52 Å². The van der Waals surface area contributed by atoms with Gasteiger partial charge in [-0.1, -0.05) is 20.8 Å². The first-order chi connectivity index (χ1) is 12.9. The van der Waals surface area contributed by atoms with Crippen LogP contribution in [0.2, 0.25) is 0 Å². The zero-order chi connectivity index (χ0) is 19.6. The summed E-state index contributed by atoms with van der Waals surface area (Å²) in [6, 6.07) is 7.56. The minimum atomic E-state index is -0.155. The average Bonchev–Trinajstić information content (AvgIpc) is 3.08. The van der Waals surface area contributed by atoms with Crippen LogP contribution in [0.5, 0.6) is 17.2 Å². The molecule has 144 valence electrons. The second-order valence-electron chi connectivity index (χ2n) is 7.11. The monoisotopic (exact) mass is 371 g/mol. The largest absolute Gasteiger partial charge is 0.493 e. The van der Waals surface area contributed by atoms with Crippen molar-refractivity contribution in [3.63, 3.8) is 0 Å². The Morgan fingerprint density at radius 1 is 0.926 bits per heavy atom. The zero-order valence-electron chi connectivity index (χ0n) is 16.5. The highest BCUT2D eigenvalue weighted by Crippen LogP contribution is 2.39. The van der Waals surface area contributed by atoms with E-state index >= 15 is 0 Å². The predicted molar refractivity (Wildman–Crippen MR) is 103 cm³/mol. The molecule has 0 bridgehead atoms. The van der Waals surface area contributed by atoms with Crippen molar-refractivity contribution in [2.75, 3.05) is 26.6 Å². The summed E-state index contributed by atoms with van der Waals surface area (Å²) >= 11 is 0. The minimum Gasteiger partial charge on any atom is -0.493 e. The number of anilines is 1. The van der Waals surface area contributed by atoms with Crippen LogP contribution >= 0.6 is 0 Å². The van der Waals surface area contributed by atoms with Gasteiger partial charge in [0.15, 0.2) is 23.0 Å². The third-order valence-corrected chi connectivity index (χ3v) is 4.18. The maximum Gasteiger partial charge on any atom is 0.203 e. The van der Waals surface area contributed by atoms with Crippen molar-refractivity contribution < 1.29 is 14.2 Å². The Bertz CT molecular complexity index is 946. The van der Waals surface area contributed by atoms with Gasteiger partial charge >= 0.3 is 0 Å². The van der Waals surface area contributed by atoms with Gasteiger partial charge in [-0.15, -0.1) is 15.3 Å². The van der Waals surface area contributed by atoms with Crippen LogP contribution in [0.1, 0.15) is 32.2 Å². The van der Waals surface area contributed by atoms with E-state index in [1.807, 2.05) is 24.3 Å². The molecule has 0 radical (unpaired) electrons. The number of nitrogens with one attached hydrogen (secondary N) is 1. The highest BCUT2D eigenvalue weighted by Gasteiger charge is 2.22. The molecule has 0 unspecified atom stereocenters. The number of hydrogen-bond acceptors (Lipinski definition) is 7. The van der Waals surface area contributed by atoms with Crippen molar-refractivity contribution >= 4 is 11.5 Å². The minimum absolute atomic E-state index is 0.155. The summed E-state index contributed by atoms with van der Waals surface area (Å²) in [5, 5.41) is 16.4. The maximum absolute atomic E-state index is 5.53. The average molecular weight is 371 g/mol. The Morgan fingerprint density at radius 3 is 2.30 bits per heavy atom. The van der Waals surface area contributed by atoms with Crippen LogP contribution in [0, 0.1) is 0 Å². The van der Waals surface area contributed by atoms with Gasteiger partial charge < -0.3 is 19.5 Å². The molecule has 0 aliphatic carbocycles. The maximum atomic E-state index is 5.53. The molecule has 2 heterocycles. The van der Waals surface area contributed by atoms with E-state index < -0.39 is 0 Å². The number of aromatic nitrogens is 4. The summed E-state index contributed by atoms with van der Waals surface area (Å²) in [6.45, 7) is 6.76. The SMILES string of the molecule is COc1ccc(CNc2ccc3nnc(C(C)(C)C)n3n2)c(OC)c1OC. The van der Waals surface area contributed by atoms with Crippen LogP contribution in [0.3, 0.4) is 0 Å². The molecule has 8 nitrogen and oxygen atoms in total. The smallest absolute Gasteiger partial charge is 0.203 e. The van der Waals surface area contributed by atoms with Gasteiger partial charge in [-0.3, -0.25) is 0 Å². The van der Waals surface area contributed by atoms with E-state index in [-0.39, 0.29) is 5.41 Å². The summed E-state index contributed by atoms with van der Waals surface area (Å²) in [7, 11) is 4.80. The molecule has 0 aliphatic heterocycles. The van der Waals surface area contributed by atoms with E-state index in [9.17, 15) is 0 Å². The standard InChI is InChI=1S/C19H25N5O3/c1-19(2,3)18-22-21-15-10-9-14(23-24(15)18)20-11-12-7-8-13(25-4)17(27-6)16(12)26-5/h7-10H,11H2,1-6H3,(H,20,23). The Labute approximate surface area is 158 Å². The lowest BCUT2D eigenvalue weighted by Crippen LogP contribution is -2.17. The van der Waals surface area contributed by atoms with Crippen LogP contribution in [0.15, 0.2) is 24.3 Å². The van der Waals surface area contributed by atoms with E-state index in [0.29, 0.717) is 35.3 Å². The fourth-order valence-corrected chi connectivity index (χ4v) is 2.84. The quantitative estimate of drug-likeness (QED) is 0.713. The van der Waals surface area contributed by atoms with Crippen LogP contribution in [0.4, 0.5) is 5.82 Å². The molecule has 0 fully saturated rings. The van der Waals surface area contributed by atoms with E-state index in [4.69, 9.17) is 14.2 Å². The molecule has 3 aromatic rings. The number of fused-ring (bicyclic) bond motifs is 1. The summed E-state index contributed by atoms with van der Waals surface area (Å²) in [6.07, 6.45) is 0. The lowest BCUT2D eigenvalue weighted by molar-refractivity contribution is 0.322. The second-order valence-corrected chi connectivity index (χ2v) is 7.11. The van der Waals surface area contributed by atoms with Crippen molar-refractivity contribution in [1.29, 1.82) is 0 Å². The van der Waals surface area contributed by atoms with Crippen LogP contribution < -0.4 is 19.5 Å². The molecule has 27 heavy (non-hydrogen) atoms. The normalized spacial score (nSPS) is 11.5. The first-order valence-corrected chi connectivity index (χ1v) is 8.63.